The summed E-state index contributed by atoms with van der Waals surface area (Å²) in [7, 11) is 0. The van der Waals surface area contributed by atoms with Gasteiger partial charge in [-0.3, -0.25) is 4.79 Å². The molecule has 1 aliphatic heterocycles. The normalized spacial score (nSPS) is 17.4. The summed E-state index contributed by atoms with van der Waals surface area (Å²) < 4.78 is 15.3. The molecule has 1 saturated heterocycles. The van der Waals surface area contributed by atoms with E-state index in [9.17, 15) is 9.18 Å². The second-order valence-corrected chi connectivity index (χ2v) is 7.11. The zero-order chi connectivity index (χ0) is 19.0. The molecular formula is C20H22FN5O. The van der Waals surface area contributed by atoms with Gasteiger partial charge in [0.25, 0.3) is 5.78 Å². The van der Waals surface area contributed by atoms with Crippen molar-refractivity contribution in [2.24, 2.45) is 0 Å². The van der Waals surface area contributed by atoms with Crippen LogP contribution in [0.1, 0.15) is 48.1 Å². The van der Waals surface area contributed by atoms with Crippen molar-refractivity contribution in [1.82, 2.24) is 24.5 Å². The van der Waals surface area contributed by atoms with Crippen LogP contribution in [0.5, 0.6) is 0 Å². The number of nitrogens with zero attached hydrogens (tertiary/aromatic N) is 5. The minimum absolute atomic E-state index is 0.0331. The number of rotatable bonds is 3. The number of aromatic nitrogens is 4. The molecule has 1 atom stereocenters. The number of halogens is 1. The highest BCUT2D eigenvalue weighted by atomic mass is 19.1. The van der Waals surface area contributed by atoms with E-state index in [0.717, 1.165) is 36.2 Å². The number of carbonyl (C=O) groups is 1. The molecule has 3 aromatic rings. The average Bonchev–Trinajstić information content (AvgIpc) is 3.04. The SMILES string of the molecule is Cc1cc(C)n2nc(CC(=O)N3CCCC[C@H]3c3cccc(F)c3)nc2n1. The van der Waals surface area contributed by atoms with Crippen LogP contribution in [0.15, 0.2) is 30.3 Å². The third kappa shape index (κ3) is 3.54. The monoisotopic (exact) mass is 367 g/mol. The number of amides is 1. The van der Waals surface area contributed by atoms with Gasteiger partial charge in [-0.25, -0.2) is 13.9 Å². The second kappa shape index (κ2) is 7.06. The molecule has 0 aliphatic carbocycles. The zero-order valence-electron chi connectivity index (χ0n) is 15.5. The molecule has 3 heterocycles. The second-order valence-electron chi connectivity index (χ2n) is 7.11. The van der Waals surface area contributed by atoms with Crippen LogP contribution in [-0.4, -0.2) is 36.9 Å². The summed E-state index contributed by atoms with van der Waals surface area (Å²) in [5.74, 6) is 0.666. The van der Waals surface area contributed by atoms with Crippen LogP contribution < -0.4 is 0 Å². The van der Waals surface area contributed by atoms with Gasteiger partial charge in [0.1, 0.15) is 5.82 Å². The van der Waals surface area contributed by atoms with Crippen LogP contribution in [0.3, 0.4) is 0 Å². The van der Waals surface area contributed by atoms with E-state index < -0.39 is 0 Å². The molecule has 0 N–H and O–H groups in total. The Morgan fingerprint density at radius 3 is 2.89 bits per heavy atom. The predicted octanol–water partition coefficient (Wildman–Crippen LogP) is 3.18. The molecule has 0 unspecified atom stereocenters. The molecule has 140 valence electrons. The van der Waals surface area contributed by atoms with Crippen molar-refractivity contribution < 1.29 is 9.18 Å². The van der Waals surface area contributed by atoms with E-state index in [1.807, 2.05) is 30.9 Å². The molecular weight excluding hydrogens is 345 g/mol. The highest BCUT2D eigenvalue weighted by molar-refractivity contribution is 5.78. The first-order valence-corrected chi connectivity index (χ1v) is 9.26. The van der Waals surface area contributed by atoms with E-state index in [0.29, 0.717) is 18.1 Å². The van der Waals surface area contributed by atoms with Crippen LogP contribution in [-0.2, 0) is 11.2 Å². The van der Waals surface area contributed by atoms with E-state index in [1.165, 1.54) is 12.1 Å². The van der Waals surface area contributed by atoms with Crippen LogP contribution in [0.4, 0.5) is 4.39 Å². The number of benzene rings is 1. The van der Waals surface area contributed by atoms with Gasteiger partial charge in [-0.1, -0.05) is 12.1 Å². The predicted molar refractivity (Wildman–Crippen MR) is 98.7 cm³/mol. The lowest BCUT2D eigenvalue weighted by Crippen LogP contribution is -2.39. The molecule has 1 aliphatic rings. The molecule has 0 bridgehead atoms. The molecule has 6 nitrogen and oxygen atoms in total. The third-order valence-electron chi connectivity index (χ3n) is 5.03. The Labute approximate surface area is 157 Å². The van der Waals surface area contributed by atoms with Gasteiger partial charge in [-0.15, -0.1) is 5.10 Å². The van der Waals surface area contributed by atoms with E-state index in [-0.39, 0.29) is 24.2 Å². The van der Waals surface area contributed by atoms with Gasteiger partial charge in [0.15, 0.2) is 5.82 Å². The first-order valence-electron chi connectivity index (χ1n) is 9.26. The number of hydrogen-bond donors (Lipinski definition) is 0. The lowest BCUT2D eigenvalue weighted by Gasteiger charge is -2.36. The number of piperidine rings is 1. The van der Waals surface area contributed by atoms with Crippen molar-refractivity contribution in [3.63, 3.8) is 0 Å². The van der Waals surface area contributed by atoms with Crippen LogP contribution in [0.2, 0.25) is 0 Å². The Kier molecular flexibility index (Phi) is 4.59. The summed E-state index contributed by atoms with van der Waals surface area (Å²) in [6, 6.07) is 8.37. The van der Waals surface area contributed by atoms with Gasteiger partial charge in [-0.2, -0.15) is 4.98 Å². The Bertz CT molecular complexity index is 999. The summed E-state index contributed by atoms with van der Waals surface area (Å²) in [6.45, 7) is 4.51. The van der Waals surface area contributed by atoms with Gasteiger partial charge in [-0.05, 0) is 56.9 Å². The molecule has 1 amide bonds. The fourth-order valence-electron chi connectivity index (χ4n) is 3.81. The van der Waals surface area contributed by atoms with Crippen molar-refractivity contribution in [3.8, 4) is 0 Å². The van der Waals surface area contributed by atoms with Crippen LogP contribution >= 0.6 is 0 Å². The summed E-state index contributed by atoms with van der Waals surface area (Å²) >= 11 is 0. The summed E-state index contributed by atoms with van der Waals surface area (Å²) in [4.78, 5) is 23.6. The summed E-state index contributed by atoms with van der Waals surface area (Å²) in [5.41, 5.74) is 2.64. The van der Waals surface area contributed by atoms with E-state index in [2.05, 4.69) is 15.1 Å². The maximum Gasteiger partial charge on any atom is 0.252 e. The molecule has 4 rings (SSSR count). The van der Waals surface area contributed by atoms with Crippen molar-refractivity contribution >= 4 is 11.7 Å². The van der Waals surface area contributed by atoms with Gasteiger partial charge in [0.05, 0.1) is 12.5 Å². The van der Waals surface area contributed by atoms with Gasteiger partial charge in [0, 0.05) is 17.9 Å². The minimum Gasteiger partial charge on any atom is -0.335 e. The molecule has 0 radical (unpaired) electrons. The molecule has 27 heavy (non-hydrogen) atoms. The fraction of sp³-hybridized carbons (Fsp3) is 0.400. The average molecular weight is 367 g/mol. The maximum absolute atomic E-state index is 13.7. The highest BCUT2D eigenvalue weighted by Crippen LogP contribution is 2.31. The van der Waals surface area contributed by atoms with Crippen LogP contribution in [0.25, 0.3) is 5.78 Å². The zero-order valence-corrected chi connectivity index (χ0v) is 15.5. The summed E-state index contributed by atoms with van der Waals surface area (Å²) in [6.07, 6.45) is 2.94. The Morgan fingerprint density at radius 1 is 1.22 bits per heavy atom. The van der Waals surface area contributed by atoms with Gasteiger partial charge < -0.3 is 4.90 Å². The van der Waals surface area contributed by atoms with Gasteiger partial charge >= 0.3 is 0 Å². The lowest BCUT2D eigenvalue weighted by molar-refractivity contribution is -0.134. The standard InChI is InChI=1S/C20H22FN5O/c1-13-10-14(2)26-20(22-13)23-18(24-26)12-19(27)25-9-4-3-8-17(25)15-6-5-7-16(21)11-15/h5-7,10-11,17H,3-4,8-9,12H2,1-2H3/t17-/m0/s1. The first kappa shape index (κ1) is 17.6. The number of likely N-dealkylation sites (tertiary alicyclic amines) is 1. The molecule has 0 spiro atoms. The topological polar surface area (TPSA) is 63.4 Å². The number of fused-ring (bicyclic) bond motifs is 1. The maximum atomic E-state index is 13.7. The molecule has 1 aromatic carbocycles. The van der Waals surface area contributed by atoms with Crippen molar-refractivity contribution in [2.45, 2.75) is 45.6 Å². The number of hydrogen-bond acceptors (Lipinski definition) is 4. The quantitative estimate of drug-likeness (QED) is 0.713. The minimum atomic E-state index is -0.274. The van der Waals surface area contributed by atoms with Gasteiger partial charge in [0.2, 0.25) is 5.91 Å². The van der Waals surface area contributed by atoms with E-state index in [1.54, 1.807) is 10.6 Å². The fourth-order valence-corrected chi connectivity index (χ4v) is 3.81. The number of aryl methyl sites for hydroxylation is 2. The molecule has 0 saturated carbocycles. The molecule has 7 heteroatoms. The smallest absolute Gasteiger partial charge is 0.252 e. The van der Waals surface area contributed by atoms with E-state index in [4.69, 9.17) is 0 Å². The largest absolute Gasteiger partial charge is 0.335 e. The van der Waals surface area contributed by atoms with Crippen molar-refractivity contribution in [1.29, 1.82) is 0 Å². The Hall–Kier alpha value is -2.83. The summed E-state index contributed by atoms with van der Waals surface area (Å²) in [5, 5.41) is 4.44. The van der Waals surface area contributed by atoms with Crippen LogP contribution in [0, 0.1) is 19.7 Å². The highest BCUT2D eigenvalue weighted by Gasteiger charge is 2.29. The lowest BCUT2D eigenvalue weighted by atomic mass is 9.95. The van der Waals surface area contributed by atoms with E-state index >= 15 is 0 Å². The van der Waals surface area contributed by atoms with Crippen molar-refractivity contribution in [3.05, 3.63) is 58.9 Å². The third-order valence-corrected chi connectivity index (χ3v) is 5.03. The Morgan fingerprint density at radius 2 is 2.07 bits per heavy atom. The van der Waals surface area contributed by atoms with Crippen molar-refractivity contribution in [2.75, 3.05) is 6.54 Å². The molecule has 2 aromatic heterocycles. The first-order chi connectivity index (χ1) is 13.0. The molecule has 1 fully saturated rings. The Balaban J connectivity index is 1.58. The number of carbonyl (C=O) groups excluding carboxylic acids is 1.